The van der Waals surface area contributed by atoms with Crippen molar-refractivity contribution in [1.29, 1.82) is 0 Å². The summed E-state index contributed by atoms with van der Waals surface area (Å²) in [5, 5.41) is 10.9. The van der Waals surface area contributed by atoms with Crippen LogP contribution in [0.25, 0.3) is 0 Å². The molecule has 1 saturated heterocycles. The van der Waals surface area contributed by atoms with Gasteiger partial charge in [-0.25, -0.2) is 14.4 Å². The lowest BCUT2D eigenvalue weighted by Crippen LogP contribution is -2.47. The normalized spacial score (nSPS) is 16.6. The van der Waals surface area contributed by atoms with Crippen LogP contribution in [-0.2, 0) is 17.7 Å². The van der Waals surface area contributed by atoms with Crippen molar-refractivity contribution in [3.8, 4) is 0 Å². The molecule has 25 heavy (non-hydrogen) atoms. The van der Waals surface area contributed by atoms with Crippen LogP contribution in [0.4, 0.5) is 10.2 Å². The number of rotatable bonds is 6. The minimum Gasteiger partial charge on any atom is -0.388 e. The van der Waals surface area contributed by atoms with E-state index in [1.165, 1.54) is 6.33 Å². The molecule has 1 aromatic heterocycles. The predicted molar refractivity (Wildman–Crippen MR) is 93.9 cm³/mol. The van der Waals surface area contributed by atoms with Crippen molar-refractivity contribution in [3.63, 3.8) is 0 Å². The van der Waals surface area contributed by atoms with Crippen LogP contribution in [0.3, 0.4) is 0 Å². The first-order valence-electron chi connectivity index (χ1n) is 8.70. The minimum atomic E-state index is -0.906. The zero-order valence-corrected chi connectivity index (χ0v) is 14.5. The lowest BCUT2D eigenvalue weighted by Gasteiger charge is -2.37. The Bertz CT molecular complexity index is 690. The third kappa shape index (κ3) is 4.32. The Kier molecular flexibility index (Phi) is 5.60. The summed E-state index contributed by atoms with van der Waals surface area (Å²) in [7, 11) is 0. The van der Waals surface area contributed by atoms with Crippen LogP contribution >= 0.6 is 0 Å². The van der Waals surface area contributed by atoms with Crippen molar-refractivity contribution < 1.29 is 14.2 Å². The second-order valence-electron chi connectivity index (χ2n) is 6.49. The summed E-state index contributed by atoms with van der Waals surface area (Å²) in [6.07, 6.45) is 2.96. The van der Waals surface area contributed by atoms with E-state index in [1.807, 2.05) is 42.2 Å². The topological polar surface area (TPSA) is 58.5 Å². The first-order chi connectivity index (χ1) is 12.1. The second-order valence-corrected chi connectivity index (χ2v) is 6.49. The highest BCUT2D eigenvalue weighted by Crippen LogP contribution is 2.27. The van der Waals surface area contributed by atoms with Gasteiger partial charge in [-0.1, -0.05) is 37.3 Å². The average Bonchev–Trinajstić information content (AvgIpc) is 2.63. The number of aliphatic hydroxyl groups is 1. The van der Waals surface area contributed by atoms with E-state index in [9.17, 15) is 9.50 Å². The third-order valence-electron chi connectivity index (χ3n) is 4.60. The third-order valence-corrected chi connectivity index (χ3v) is 4.60. The van der Waals surface area contributed by atoms with Gasteiger partial charge in [-0.2, -0.15) is 0 Å². The molecule has 0 amide bonds. The van der Waals surface area contributed by atoms with Gasteiger partial charge in [-0.15, -0.1) is 0 Å². The molecule has 2 aromatic rings. The van der Waals surface area contributed by atoms with Gasteiger partial charge in [0.2, 0.25) is 0 Å². The maximum Gasteiger partial charge on any atom is 0.187 e. The van der Waals surface area contributed by atoms with Gasteiger partial charge in [-0.05, 0) is 12.0 Å². The molecule has 1 fully saturated rings. The molecule has 3 rings (SSSR count). The lowest BCUT2D eigenvalue weighted by atomic mass is 9.93. The molecule has 1 aromatic carbocycles. The number of hydrogen-bond donors (Lipinski definition) is 1. The van der Waals surface area contributed by atoms with Gasteiger partial charge in [0, 0.05) is 39.1 Å². The van der Waals surface area contributed by atoms with Crippen LogP contribution in [0.1, 0.15) is 31.0 Å². The molecule has 6 heteroatoms. The maximum absolute atomic E-state index is 14.8. The van der Waals surface area contributed by atoms with Crippen molar-refractivity contribution in [1.82, 2.24) is 9.97 Å². The fraction of sp³-hybridized carbons (Fsp3) is 0.474. The average molecular weight is 345 g/mol. The Morgan fingerprint density at radius 1 is 1.20 bits per heavy atom. The van der Waals surface area contributed by atoms with E-state index >= 15 is 0 Å². The molecule has 0 saturated carbocycles. The number of benzene rings is 1. The predicted octanol–water partition coefficient (Wildman–Crippen LogP) is 2.73. The summed E-state index contributed by atoms with van der Waals surface area (Å²) in [6.45, 7) is 3.68. The van der Waals surface area contributed by atoms with Gasteiger partial charge in [0.1, 0.15) is 6.33 Å². The standard InChI is InChI=1S/C19H24FN3O2/c1-2-16-17(20)18(22-14-21-16)23(12-15-6-4-3-5-7-15)13-19(24)8-10-25-11-9-19/h3-7,14,24H,2,8-13H2,1H3. The fourth-order valence-electron chi connectivity index (χ4n) is 3.14. The molecule has 0 radical (unpaired) electrons. The molecule has 0 bridgehead atoms. The van der Waals surface area contributed by atoms with Gasteiger partial charge in [0.05, 0.1) is 11.3 Å². The van der Waals surface area contributed by atoms with Gasteiger partial charge < -0.3 is 14.7 Å². The number of aromatic nitrogens is 2. The first-order valence-corrected chi connectivity index (χ1v) is 8.70. The van der Waals surface area contributed by atoms with Gasteiger partial charge in [-0.3, -0.25) is 0 Å². The maximum atomic E-state index is 14.8. The monoisotopic (exact) mass is 345 g/mol. The first kappa shape index (κ1) is 17.8. The SMILES string of the molecule is CCc1ncnc(N(Cc2ccccc2)CC2(O)CCOCC2)c1F. The van der Waals surface area contributed by atoms with Crippen LogP contribution in [-0.4, -0.2) is 40.4 Å². The van der Waals surface area contributed by atoms with E-state index in [0.29, 0.717) is 51.3 Å². The Morgan fingerprint density at radius 2 is 1.92 bits per heavy atom. The summed E-state index contributed by atoms with van der Waals surface area (Å²) in [4.78, 5) is 10.0. The quantitative estimate of drug-likeness (QED) is 0.872. The molecule has 1 aliphatic rings. The summed E-state index contributed by atoms with van der Waals surface area (Å²) in [5.74, 6) is -0.160. The van der Waals surface area contributed by atoms with Crippen LogP contribution in [0, 0.1) is 5.82 Å². The molecule has 134 valence electrons. The largest absolute Gasteiger partial charge is 0.388 e. The molecule has 1 N–H and O–H groups in total. The number of anilines is 1. The Balaban J connectivity index is 1.91. The molecule has 2 heterocycles. The summed E-state index contributed by atoms with van der Waals surface area (Å²) in [5.41, 5.74) is 0.521. The van der Waals surface area contributed by atoms with E-state index in [0.717, 1.165) is 5.56 Å². The molecular formula is C19H24FN3O2. The Hall–Kier alpha value is -2.05. The molecule has 0 aliphatic carbocycles. The van der Waals surface area contributed by atoms with E-state index in [4.69, 9.17) is 4.74 Å². The molecule has 5 nitrogen and oxygen atoms in total. The number of aryl methyl sites for hydroxylation is 1. The highest BCUT2D eigenvalue weighted by atomic mass is 19.1. The van der Waals surface area contributed by atoms with E-state index in [1.54, 1.807) is 0 Å². The van der Waals surface area contributed by atoms with E-state index < -0.39 is 11.4 Å². The lowest BCUT2D eigenvalue weighted by molar-refractivity contribution is -0.0580. The number of halogens is 1. The Labute approximate surface area is 147 Å². The highest BCUT2D eigenvalue weighted by Gasteiger charge is 2.33. The van der Waals surface area contributed by atoms with Crippen LogP contribution < -0.4 is 4.90 Å². The smallest absolute Gasteiger partial charge is 0.187 e. The number of hydrogen-bond acceptors (Lipinski definition) is 5. The molecular weight excluding hydrogens is 321 g/mol. The van der Waals surface area contributed by atoms with Crippen molar-refractivity contribution in [2.24, 2.45) is 0 Å². The highest BCUT2D eigenvalue weighted by molar-refractivity contribution is 5.42. The van der Waals surface area contributed by atoms with Gasteiger partial charge in [0.25, 0.3) is 0 Å². The molecule has 1 aliphatic heterocycles. The zero-order chi connectivity index (χ0) is 17.7. The summed E-state index contributed by atoms with van der Waals surface area (Å²) < 4.78 is 20.2. The second kappa shape index (κ2) is 7.89. The van der Waals surface area contributed by atoms with Crippen molar-refractivity contribution in [2.45, 2.75) is 38.3 Å². The van der Waals surface area contributed by atoms with E-state index in [2.05, 4.69) is 9.97 Å². The molecule has 0 atom stereocenters. The van der Waals surface area contributed by atoms with Crippen LogP contribution in [0.2, 0.25) is 0 Å². The van der Waals surface area contributed by atoms with Gasteiger partial charge in [0.15, 0.2) is 11.6 Å². The fourth-order valence-corrected chi connectivity index (χ4v) is 3.14. The van der Waals surface area contributed by atoms with Crippen molar-refractivity contribution in [3.05, 3.63) is 53.7 Å². The molecule has 0 unspecified atom stereocenters. The van der Waals surface area contributed by atoms with Crippen LogP contribution in [0.5, 0.6) is 0 Å². The summed E-state index contributed by atoms with van der Waals surface area (Å²) in [6, 6.07) is 9.82. The zero-order valence-electron chi connectivity index (χ0n) is 14.5. The molecule has 0 spiro atoms. The summed E-state index contributed by atoms with van der Waals surface area (Å²) >= 11 is 0. The minimum absolute atomic E-state index is 0.246. The van der Waals surface area contributed by atoms with Crippen molar-refractivity contribution >= 4 is 5.82 Å². The van der Waals surface area contributed by atoms with Crippen LogP contribution in [0.15, 0.2) is 36.7 Å². The number of nitrogens with zero attached hydrogens (tertiary/aromatic N) is 3. The van der Waals surface area contributed by atoms with Crippen molar-refractivity contribution in [2.75, 3.05) is 24.7 Å². The van der Waals surface area contributed by atoms with E-state index in [-0.39, 0.29) is 5.82 Å². The Morgan fingerprint density at radius 3 is 2.60 bits per heavy atom. The number of ether oxygens (including phenoxy) is 1. The van der Waals surface area contributed by atoms with Gasteiger partial charge >= 0.3 is 0 Å².